The van der Waals surface area contributed by atoms with Crippen molar-refractivity contribution in [2.75, 3.05) is 5.01 Å². The van der Waals surface area contributed by atoms with Gasteiger partial charge in [-0.05, 0) is 37.3 Å². The number of hydrogen-bond donors (Lipinski definition) is 1. The van der Waals surface area contributed by atoms with Gasteiger partial charge in [-0.15, -0.1) is 0 Å². The number of halogens is 1. The normalized spacial score (nSPS) is 17.0. The van der Waals surface area contributed by atoms with E-state index in [2.05, 4.69) is 31.6 Å². The van der Waals surface area contributed by atoms with Crippen molar-refractivity contribution in [3.8, 4) is 0 Å². The number of benzene rings is 2. The molecule has 3 rings (SSSR count). The molecule has 0 radical (unpaired) electrons. The molecule has 126 valence electrons. The highest BCUT2D eigenvalue weighted by Crippen LogP contribution is 2.22. The molecule has 0 saturated heterocycles. The molecule has 7 heteroatoms. The number of nitrogens with one attached hydrogen (secondary N) is 1. The standard InChI is InChI=1S/C18H15BrN4O2/c1-12-16(18(25)23(22-12)15-8-3-2-4-9-15)11-20-21-17(24)13-6-5-7-14(19)10-13/h2-11,16H,1H3,(H,21,24)/b20-11-/t16-/m1/s1. The van der Waals surface area contributed by atoms with E-state index < -0.39 is 5.92 Å². The number of anilines is 1. The van der Waals surface area contributed by atoms with Crippen molar-refractivity contribution in [3.05, 3.63) is 64.6 Å². The van der Waals surface area contributed by atoms with Crippen LogP contribution in [0.15, 0.2) is 69.3 Å². The molecular formula is C18H15BrN4O2. The van der Waals surface area contributed by atoms with Gasteiger partial charge in [-0.2, -0.15) is 15.2 Å². The molecule has 1 N–H and O–H groups in total. The molecule has 2 aromatic rings. The molecule has 25 heavy (non-hydrogen) atoms. The second-order valence-electron chi connectivity index (χ2n) is 5.43. The van der Waals surface area contributed by atoms with Crippen LogP contribution in [-0.2, 0) is 4.79 Å². The van der Waals surface area contributed by atoms with Crippen LogP contribution in [0, 0.1) is 5.92 Å². The zero-order valence-electron chi connectivity index (χ0n) is 13.4. The van der Waals surface area contributed by atoms with Gasteiger partial charge in [0, 0.05) is 16.3 Å². The Kier molecular flexibility index (Phi) is 5.04. The van der Waals surface area contributed by atoms with E-state index in [0.29, 0.717) is 17.0 Å². The van der Waals surface area contributed by atoms with Gasteiger partial charge < -0.3 is 0 Å². The first-order valence-electron chi connectivity index (χ1n) is 7.59. The quantitative estimate of drug-likeness (QED) is 0.634. The van der Waals surface area contributed by atoms with E-state index >= 15 is 0 Å². The molecule has 0 fully saturated rings. The van der Waals surface area contributed by atoms with Gasteiger partial charge in [-0.3, -0.25) is 9.59 Å². The van der Waals surface area contributed by atoms with Crippen LogP contribution in [0.25, 0.3) is 0 Å². The Bertz CT molecular complexity index is 864. The highest BCUT2D eigenvalue weighted by Gasteiger charge is 2.33. The summed E-state index contributed by atoms with van der Waals surface area (Å²) in [4.78, 5) is 24.6. The SMILES string of the molecule is CC1=NN(c2ccccc2)C(=O)[C@@H]1/C=N\NC(=O)c1cccc(Br)c1. The first-order valence-corrected chi connectivity index (χ1v) is 8.39. The molecule has 1 heterocycles. The number of amides is 2. The van der Waals surface area contributed by atoms with E-state index in [9.17, 15) is 9.59 Å². The van der Waals surface area contributed by atoms with Gasteiger partial charge in [0.25, 0.3) is 11.8 Å². The first-order chi connectivity index (χ1) is 12.1. The van der Waals surface area contributed by atoms with Crippen molar-refractivity contribution in [1.29, 1.82) is 0 Å². The van der Waals surface area contributed by atoms with Gasteiger partial charge in [-0.25, -0.2) is 5.43 Å². The van der Waals surface area contributed by atoms with Gasteiger partial charge in [0.05, 0.1) is 11.4 Å². The third-order valence-electron chi connectivity index (χ3n) is 3.66. The molecule has 0 aliphatic carbocycles. The smallest absolute Gasteiger partial charge is 0.271 e. The summed E-state index contributed by atoms with van der Waals surface area (Å²) in [6.45, 7) is 1.76. The van der Waals surface area contributed by atoms with Crippen LogP contribution < -0.4 is 10.4 Å². The van der Waals surface area contributed by atoms with Gasteiger partial charge >= 0.3 is 0 Å². The summed E-state index contributed by atoms with van der Waals surface area (Å²) in [5.41, 5.74) is 4.22. The third-order valence-corrected chi connectivity index (χ3v) is 4.15. The lowest BCUT2D eigenvalue weighted by atomic mass is 10.1. The Morgan fingerprint density at radius 2 is 2.00 bits per heavy atom. The monoisotopic (exact) mass is 398 g/mol. The van der Waals surface area contributed by atoms with Crippen LogP contribution in [0.2, 0.25) is 0 Å². The second-order valence-corrected chi connectivity index (χ2v) is 6.35. The molecule has 1 aliphatic rings. The minimum absolute atomic E-state index is 0.204. The van der Waals surface area contributed by atoms with Crippen LogP contribution in [0.4, 0.5) is 5.69 Å². The molecular weight excluding hydrogens is 384 g/mol. The van der Waals surface area contributed by atoms with Crippen molar-refractivity contribution < 1.29 is 9.59 Å². The Labute approximate surface area is 153 Å². The van der Waals surface area contributed by atoms with Gasteiger partial charge in [0.15, 0.2) is 0 Å². The zero-order chi connectivity index (χ0) is 17.8. The van der Waals surface area contributed by atoms with Crippen molar-refractivity contribution >= 4 is 45.4 Å². The van der Waals surface area contributed by atoms with Crippen LogP contribution in [-0.4, -0.2) is 23.7 Å². The predicted molar refractivity (Wildman–Crippen MR) is 101 cm³/mol. The Morgan fingerprint density at radius 3 is 2.72 bits per heavy atom. The number of rotatable bonds is 4. The van der Waals surface area contributed by atoms with Crippen LogP contribution >= 0.6 is 15.9 Å². The van der Waals surface area contributed by atoms with Crippen molar-refractivity contribution in [2.45, 2.75) is 6.92 Å². The van der Waals surface area contributed by atoms with Gasteiger partial charge in [-0.1, -0.05) is 40.2 Å². The number of hydrogen-bond acceptors (Lipinski definition) is 4. The average molecular weight is 399 g/mol. The number of carbonyl (C=O) groups excluding carboxylic acids is 2. The highest BCUT2D eigenvalue weighted by molar-refractivity contribution is 9.10. The summed E-state index contributed by atoms with van der Waals surface area (Å²) < 4.78 is 0.802. The average Bonchev–Trinajstić information content (AvgIpc) is 2.90. The molecule has 2 aromatic carbocycles. The molecule has 2 amide bonds. The topological polar surface area (TPSA) is 74.1 Å². The maximum atomic E-state index is 12.5. The van der Waals surface area contributed by atoms with Crippen molar-refractivity contribution in [3.63, 3.8) is 0 Å². The van der Waals surface area contributed by atoms with Crippen LogP contribution in [0.3, 0.4) is 0 Å². The zero-order valence-corrected chi connectivity index (χ0v) is 15.0. The summed E-state index contributed by atoms with van der Waals surface area (Å²) in [7, 11) is 0. The molecule has 1 aliphatic heterocycles. The fraction of sp³-hybridized carbons (Fsp3) is 0.111. The minimum atomic E-state index is -0.594. The Hall–Kier alpha value is -2.80. The lowest BCUT2D eigenvalue weighted by molar-refractivity contribution is -0.118. The van der Waals surface area contributed by atoms with Crippen molar-refractivity contribution in [1.82, 2.24) is 5.43 Å². The summed E-state index contributed by atoms with van der Waals surface area (Å²) >= 11 is 3.31. The fourth-order valence-corrected chi connectivity index (χ4v) is 2.77. The third kappa shape index (κ3) is 3.83. The predicted octanol–water partition coefficient (Wildman–Crippen LogP) is 3.20. The van der Waals surface area contributed by atoms with Crippen molar-refractivity contribution in [2.24, 2.45) is 16.1 Å². The summed E-state index contributed by atoms with van der Waals surface area (Å²) in [6.07, 6.45) is 1.40. The lowest BCUT2D eigenvalue weighted by Crippen LogP contribution is -2.29. The Balaban J connectivity index is 1.67. The lowest BCUT2D eigenvalue weighted by Gasteiger charge is -2.12. The number of para-hydroxylation sites is 1. The first kappa shape index (κ1) is 17.0. The summed E-state index contributed by atoms with van der Waals surface area (Å²) in [5.74, 6) is -1.15. The highest BCUT2D eigenvalue weighted by atomic mass is 79.9. The van der Waals surface area contributed by atoms with E-state index in [0.717, 1.165) is 4.47 Å². The molecule has 0 aromatic heterocycles. The molecule has 0 spiro atoms. The van der Waals surface area contributed by atoms with Crippen LogP contribution in [0.5, 0.6) is 0 Å². The maximum Gasteiger partial charge on any atom is 0.271 e. The molecule has 6 nitrogen and oxygen atoms in total. The fourth-order valence-electron chi connectivity index (χ4n) is 2.37. The van der Waals surface area contributed by atoms with E-state index in [1.54, 1.807) is 25.1 Å². The molecule has 0 saturated carbocycles. The van der Waals surface area contributed by atoms with Gasteiger partial charge in [0.2, 0.25) is 0 Å². The number of carbonyl (C=O) groups is 2. The van der Waals surface area contributed by atoms with E-state index in [4.69, 9.17) is 0 Å². The van der Waals surface area contributed by atoms with Gasteiger partial charge in [0.1, 0.15) is 5.92 Å². The summed E-state index contributed by atoms with van der Waals surface area (Å²) in [6, 6.07) is 16.1. The maximum absolute atomic E-state index is 12.5. The summed E-state index contributed by atoms with van der Waals surface area (Å²) in [5, 5.41) is 9.55. The Morgan fingerprint density at radius 1 is 1.24 bits per heavy atom. The van der Waals surface area contributed by atoms with E-state index in [-0.39, 0.29) is 11.8 Å². The number of nitrogens with zero attached hydrogens (tertiary/aromatic N) is 3. The molecule has 0 unspecified atom stereocenters. The van der Waals surface area contributed by atoms with Crippen LogP contribution in [0.1, 0.15) is 17.3 Å². The molecule has 0 bridgehead atoms. The largest absolute Gasteiger partial charge is 0.271 e. The number of hydrazone groups is 2. The second kappa shape index (κ2) is 7.40. The minimum Gasteiger partial charge on any atom is -0.271 e. The van der Waals surface area contributed by atoms with E-state index in [1.165, 1.54) is 11.2 Å². The molecule has 1 atom stereocenters. The van der Waals surface area contributed by atoms with E-state index in [1.807, 2.05) is 36.4 Å².